The molecule has 0 radical (unpaired) electrons. The number of alkyl halides is 3. The Labute approximate surface area is 184 Å². The summed E-state index contributed by atoms with van der Waals surface area (Å²) in [7, 11) is -4.14. The van der Waals surface area contributed by atoms with E-state index >= 15 is 0 Å². The Kier molecular flexibility index (Phi) is 5.72. The Morgan fingerprint density at radius 3 is 2.61 bits per heavy atom. The molecule has 0 spiro atoms. The van der Waals surface area contributed by atoms with Crippen LogP contribution in [0.15, 0.2) is 77.2 Å². The van der Waals surface area contributed by atoms with Crippen LogP contribution < -0.4 is 10.1 Å². The SMILES string of the molecule is O=C(NCc1ccc(S(=O)(=O)c2cccc(OC(F)(F)F)c2)cn1)c1cnc2nccn2c1. The second kappa shape index (κ2) is 8.50. The number of benzene rings is 1. The molecular weight excluding hydrogens is 463 g/mol. The summed E-state index contributed by atoms with van der Waals surface area (Å²) in [6, 6.07) is 6.71. The van der Waals surface area contributed by atoms with Gasteiger partial charge >= 0.3 is 6.36 Å². The topological polar surface area (TPSA) is 116 Å². The minimum absolute atomic E-state index is 0.00995. The number of sulfone groups is 1. The van der Waals surface area contributed by atoms with Crippen molar-refractivity contribution in [2.24, 2.45) is 0 Å². The monoisotopic (exact) mass is 477 g/mol. The zero-order valence-electron chi connectivity index (χ0n) is 16.5. The Balaban J connectivity index is 1.45. The van der Waals surface area contributed by atoms with E-state index in [1.165, 1.54) is 18.3 Å². The number of amides is 1. The second-order valence-electron chi connectivity index (χ2n) is 6.67. The smallest absolute Gasteiger partial charge is 0.406 e. The van der Waals surface area contributed by atoms with E-state index in [4.69, 9.17) is 0 Å². The van der Waals surface area contributed by atoms with Gasteiger partial charge in [0.1, 0.15) is 5.75 Å². The van der Waals surface area contributed by atoms with Gasteiger partial charge in [-0.05, 0) is 30.3 Å². The predicted octanol–water partition coefficient (Wildman–Crippen LogP) is 2.79. The highest BCUT2D eigenvalue weighted by Crippen LogP contribution is 2.27. The number of pyridine rings is 1. The van der Waals surface area contributed by atoms with Crippen molar-refractivity contribution in [1.82, 2.24) is 24.7 Å². The van der Waals surface area contributed by atoms with Crippen molar-refractivity contribution in [1.29, 1.82) is 0 Å². The minimum Gasteiger partial charge on any atom is -0.406 e. The largest absolute Gasteiger partial charge is 0.573 e. The number of nitrogens with one attached hydrogen (secondary N) is 1. The van der Waals surface area contributed by atoms with Gasteiger partial charge in [-0.15, -0.1) is 13.2 Å². The van der Waals surface area contributed by atoms with Gasteiger partial charge in [0.15, 0.2) is 0 Å². The normalized spacial score (nSPS) is 12.0. The number of halogens is 3. The first-order valence-corrected chi connectivity index (χ1v) is 10.7. The number of fused-ring (bicyclic) bond motifs is 1. The molecule has 0 aliphatic rings. The standard InChI is InChI=1S/C20H14F3N5O4S/c21-20(22,23)32-15-2-1-3-16(8-15)33(30,31)17-5-4-14(25-11-17)10-26-18(29)13-9-27-19-24-6-7-28(19)12-13/h1-9,11-12H,10H2,(H,26,29). The van der Waals surface area contributed by atoms with E-state index in [2.05, 4.69) is 25.0 Å². The van der Waals surface area contributed by atoms with Crippen molar-refractivity contribution in [3.63, 3.8) is 0 Å². The third-order valence-electron chi connectivity index (χ3n) is 4.40. The van der Waals surface area contributed by atoms with Crippen molar-refractivity contribution < 1.29 is 31.1 Å². The fourth-order valence-electron chi connectivity index (χ4n) is 2.86. The van der Waals surface area contributed by atoms with Crippen LogP contribution in [-0.4, -0.2) is 40.0 Å². The van der Waals surface area contributed by atoms with Crippen molar-refractivity contribution in [2.45, 2.75) is 22.7 Å². The number of hydrogen-bond acceptors (Lipinski definition) is 7. The summed E-state index contributed by atoms with van der Waals surface area (Å²) in [5, 5.41) is 2.64. The molecule has 3 aromatic heterocycles. The van der Waals surface area contributed by atoms with Crippen LogP contribution in [0, 0.1) is 0 Å². The molecule has 170 valence electrons. The van der Waals surface area contributed by atoms with Gasteiger partial charge in [-0.3, -0.25) is 14.2 Å². The second-order valence-corrected chi connectivity index (χ2v) is 8.62. The van der Waals surface area contributed by atoms with E-state index < -0.39 is 27.9 Å². The number of nitrogens with zero attached hydrogens (tertiary/aromatic N) is 4. The summed E-state index contributed by atoms with van der Waals surface area (Å²) >= 11 is 0. The molecule has 33 heavy (non-hydrogen) atoms. The predicted molar refractivity (Wildman–Crippen MR) is 107 cm³/mol. The lowest BCUT2D eigenvalue weighted by atomic mass is 10.3. The van der Waals surface area contributed by atoms with E-state index in [9.17, 15) is 26.4 Å². The molecule has 4 aromatic rings. The van der Waals surface area contributed by atoms with Crippen molar-refractivity contribution in [3.8, 4) is 5.75 Å². The number of carbonyl (C=O) groups is 1. The molecule has 3 heterocycles. The Hall–Kier alpha value is -4.00. The number of hydrogen-bond donors (Lipinski definition) is 1. The zero-order chi connectivity index (χ0) is 23.6. The highest BCUT2D eigenvalue weighted by atomic mass is 32.2. The molecule has 0 saturated carbocycles. The summed E-state index contributed by atoms with van der Waals surface area (Å²) in [5.74, 6) is -0.627. The minimum atomic E-state index is -4.95. The fourth-order valence-corrected chi connectivity index (χ4v) is 4.10. The Morgan fingerprint density at radius 1 is 1.06 bits per heavy atom. The molecule has 1 N–H and O–H groups in total. The Bertz CT molecular complexity index is 1420. The van der Waals surface area contributed by atoms with Gasteiger partial charge in [0, 0.05) is 31.0 Å². The van der Waals surface area contributed by atoms with Gasteiger partial charge in [-0.25, -0.2) is 18.4 Å². The number of aromatic nitrogens is 4. The summed E-state index contributed by atoms with van der Waals surface area (Å²) < 4.78 is 68.1. The van der Waals surface area contributed by atoms with Crippen LogP contribution in [0.4, 0.5) is 13.2 Å². The first kappa shape index (κ1) is 22.2. The maximum atomic E-state index is 12.7. The number of imidazole rings is 1. The number of ether oxygens (including phenoxy) is 1. The van der Waals surface area contributed by atoms with E-state index in [-0.39, 0.29) is 16.3 Å². The van der Waals surface area contributed by atoms with E-state index in [0.717, 1.165) is 30.5 Å². The molecule has 0 aliphatic carbocycles. The molecule has 9 nitrogen and oxygen atoms in total. The molecule has 0 bridgehead atoms. The highest BCUT2D eigenvalue weighted by molar-refractivity contribution is 7.91. The average molecular weight is 477 g/mol. The van der Waals surface area contributed by atoms with E-state index in [0.29, 0.717) is 17.0 Å². The van der Waals surface area contributed by atoms with E-state index in [1.54, 1.807) is 23.0 Å². The number of carbonyl (C=O) groups excluding carboxylic acids is 1. The van der Waals surface area contributed by atoms with Gasteiger partial charge in [0.05, 0.1) is 27.6 Å². The summed E-state index contributed by atoms with van der Waals surface area (Å²) in [5.41, 5.74) is 0.661. The first-order chi connectivity index (χ1) is 15.6. The molecule has 1 aromatic carbocycles. The van der Waals surface area contributed by atoms with Crippen LogP contribution in [0.1, 0.15) is 16.1 Å². The van der Waals surface area contributed by atoms with Crippen LogP contribution in [0.5, 0.6) is 5.75 Å². The summed E-state index contributed by atoms with van der Waals surface area (Å²) in [6.07, 6.45) is 2.24. The van der Waals surface area contributed by atoms with Crippen LogP contribution in [0.3, 0.4) is 0 Å². The number of rotatable bonds is 6. The summed E-state index contributed by atoms with van der Waals surface area (Å²) in [6.45, 7) is 0.00995. The first-order valence-electron chi connectivity index (χ1n) is 9.24. The van der Waals surface area contributed by atoms with Crippen molar-refractivity contribution in [3.05, 3.63) is 78.6 Å². The van der Waals surface area contributed by atoms with Crippen molar-refractivity contribution in [2.75, 3.05) is 0 Å². The quantitative estimate of drug-likeness (QED) is 0.454. The molecule has 0 saturated heterocycles. The lowest BCUT2D eigenvalue weighted by molar-refractivity contribution is -0.274. The van der Waals surface area contributed by atoms with E-state index in [1.807, 2.05) is 0 Å². The molecule has 0 aliphatic heterocycles. The average Bonchev–Trinajstić information content (AvgIpc) is 3.25. The Morgan fingerprint density at radius 2 is 1.88 bits per heavy atom. The molecule has 0 unspecified atom stereocenters. The third kappa shape index (κ3) is 5.09. The van der Waals surface area contributed by atoms with Gasteiger partial charge in [-0.1, -0.05) is 6.07 Å². The maximum Gasteiger partial charge on any atom is 0.573 e. The third-order valence-corrected chi connectivity index (χ3v) is 6.13. The molecular formula is C20H14F3N5O4S. The molecule has 0 atom stereocenters. The van der Waals surface area contributed by atoms with Gasteiger partial charge in [0.25, 0.3) is 5.91 Å². The molecule has 4 rings (SSSR count). The van der Waals surface area contributed by atoms with Crippen molar-refractivity contribution >= 4 is 21.5 Å². The van der Waals surface area contributed by atoms with Crippen LogP contribution in [0.25, 0.3) is 5.78 Å². The molecule has 13 heteroatoms. The molecule has 1 amide bonds. The van der Waals surface area contributed by atoms with Crippen LogP contribution in [-0.2, 0) is 16.4 Å². The molecule has 0 fully saturated rings. The maximum absolute atomic E-state index is 12.7. The summed E-state index contributed by atoms with van der Waals surface area (Å²) in [4.78, 5) is 23.8. The van der Waals surface area contributed by atoms with Gasteiger partial charge in [-0.2, -0.15) is 0 Å². The fraction of sp³-hybridized carbons (Fsp3) is 0.100. The van der Waals surface area contributed by atoms with Gasteiger partial charge in [0.2, 0.25) is 15.6 Å². The van der Waals surface area contributed by atoms with Crippen LogP contribution >= 0.6 is 0 Å². The highest BCUT2D eigenvalue weighted by Gasteiger charge is 2.31. The zero-order valence-corrected chi connectivity index (χ0v) is 17.3. The lowest BCUT2D eigenvalue weighted by Crippen LogP contribution is -2.23. The van der Waals surface area contributed by atoms with Crippen LogP contribution in [0.2, 0.25) is 0 Å². The van der Waals surface area contributed by atoms with Gasteiger partial charge < -0.3 is 10.1 Å². The lowest BCUT2D eigenvalue weighted by Gasteiger charge is -2.11.